The standard InChI is InChI=1S/C21H31N3O4/c1-13-17(21(27)28-3)14(2)22-18(13)20(26)24-11-7-8-15(12-24)19(25)23-16-9-5-4-6-10-16/h15-16,22H,4-12H2,1-3H3,(H,23,25)/t15-/m1/s1. The van der Waals surface area contributed by atoms with Crippen LogP contribution in [0, 0.1) is 19.8 Å². The second-order valence-corrected chi connectivity index (χ2v) is 8.05. The monoisotopic (exact) mass is 389 g/mol. The number of carbonyl (C=O) groups is 3. The highest BCUT2D eigenvalue weighted by atomic mass is 16.5. The van der Waals surface area contributed by atoms with Gasteiger partial charge in [-0.3, -0.25) is 9.59 Å². The first-order valence-corrected chi connectivity index (χ1v) is 10.3. The predicted octanol–water partition coefficient (Wildman–Crippen LogP) is 2.72. The van der Waals surface area contributed by atoms with Crippen LogP contribution in [0.2, 0.25) is 0 Å². The van der Waals surface area contributed by atoms with E-state index in [0.717, 1.165) is 25.7 Å². The number of nitrogens with zero attached hydrogens (tertiary/aromatic N) is 1. The van der Waals surface area contributed by atoms with Crippen LogP contribution in [0.5, 0.6) is 0 Å². The SMILES string of the molecule is COC(=O)c1c(C)[nH]c(C(=O)N2CCC[C@@H](C(=O)NC3CCCCC3)C2)c1C. The molecule has 2 aliphatic rings. The van der Waals surface area contributed by atoms with Crippen LogP contribution in [-0.2, 0) is 9.53 Å². The van der Waals surface area contributed by atoms with E-state index in [0.29, 0.717) is 35.6 Å². The maximum Gasteiger partial charge on any atom is 0.339 e. The van der Waals surface area contributed by atoms with E-state index in [-0.39, 0.29) is 23.8 Å². The molecule has 0 spiro atoms. The van der Waals surface area contributed by atoms with E-state index in [9.17, 15) is 14.4 Å². The minimum Gasteiger partial charge on any atom is -0.465 e. The Labute approximate surface area is 166 Å². The Hall–Kier alpha value is -2.31. The number of aryl methyl sites for hydroxylation is 1. The Morgan fingerprint density at radius 3 is 2.46 bits per heavy atom. The second-order valence-electron chi connectivity index (χ2n) is 8.05. The molecule has 1 aromatic rings. The summed E-state index contributed by atoms with van der Waals surface area (Å²) in [5.41, 5.74) is 2.04. The number of esters is 1. The zero-order chi connectivity index (χ0) is 20.3. The molecule has 1 saturated heterocycles. The number of amides is 2. The summed E-state index contributed by atoms with van der Waals surface area (Å²) in [6, 6.07) is 0.281. The Bertz CT molecular complexity index is 749. The first kappa shape index (κ1) is 20.4. The van der Waals surface area contributed by atoms with Gasteiger partial charge in [-0.15, -0.1) is 0 Å². The highest BCUT2D eigenvalue weighted by Gasteiger charge is 2.32. The lowest BCUT2D eigenvalue weighted by atomic mass is 9.93. The van der Waals surface area contributed by atoms with Gasteiger partial charge >= 0.3 is 5.97 Å². The van der Waals surface area contributed by atoms with Crippen LogP contribution >= 0.6 is 0 Å². The van der Waals surface area contributed by atoms with Crippen molar-refractivity contribution in [3.8, 4) is 0 Å². The fourth-order valence-electron chi connectivity index (χ4n) is 4.47. The van der Waals surface area contributed by atoms with Gasteiger partial charge in [-0.05, 0) is 45.1 Å². The molecule has 7 nitrogen and oxygen atoms in total. The summed E-state index contributed by atoms with van der Waals surface area (Å²) >= 11 is 0. The number of methoxy groups -OCH3 is 1. The molecule has 1 saturated carbocycles. The number of H-pyrrole nitrogens is 1. The van der Waals surface area contributed by atoms with Crippen molar-refractivity contribution in [2.24, 2.45) is 5.92 Å². The lowest BCUT2D eigenvalue weighted by molar-refractivity contribution is -0.127. The van der Waals surface area contributed by atoms with Gasteiger partial charge in [0.2, 0.25) is 5.91 Å². The Morgan fingerprint density at radius 2 is 1.79 bits per heavy atom. The zero-order valence-corrected chi connectivity index (χ0v) is 17.1. The van der Waals surface area contributed by atoms with Crippen LogP contribution in [0.4, 0.5) is 0 Å². The van der Waals surface area contributed by atoms with E-state index >= 15 is 0 Å². The summed E-state index contributed by atoms with van der Waals surface area (Å²) in [7, 11) is 1.33. The van der Waals surface area contributed by atoms with Crippen molar-refractivity contribution >= 4 is 17.8 Å². The van der Waals surface area contributed by atoms with E-state index in [2.05, 4.69) is 10.3 Å². The highest BCUT2D eigenvalue weighted by molar-refractivity contribution is 6.00. The van der Waals surface area contributed by atoms with Crippen molar-refractivity contribution in [3.05, 3.63) is 22.5 Å². The number of ether oxygens (including phenoxy) is 1. The van der Waals surface area contributed by atoms with Crippen LogP contribution in [0.25, 0.3) is 0 Å². The minimum absolute atomic E-state index is 0.0686. The number of hydrogen-bond donors (Lipinski definition) is 2. The van der Waals surface area contributed by atoms with Gasteiger partial charge in [0.15, 0.2) is 0 Å². The van der Waals surface area contributed by atoms with Crippen molar-refractivity contribution < 1.29 is 19.1 Å². The molecule has 2 amide bonds. The molecule has 1 aliphatic carbocycles. The van der Waals surface area contributed by atoms with Gasteiger partial charge in [0, 0.05) is 24.8 Å². The van der Waals surface area contributed by atoms with Gasteiger partial charge < -0.3 is 19.9 Å². The molecule has 7 heteroatoms. The molecule has 1 aromatic heterocycles. The molecule has 0 bridgehead atoms. The zero-order valence-electron chi connectivity index (χ0n) is 17.1. The summed E-state index contributed by atoms with van der Waals surface area (Å²) < 4.78 is 4.82. The van der Waals surface area contributed by atoms with Crippen molar-refractivity contribution in [1.29, 1.82) is 0 Å². The smallest absolute Gasteiger partial charge is 0.339 e. The van der Waals surface area contributed by atoms with E-state index in [1.807, 2.05) is 0 Å². The summed E-state index contributed by atoms with van der Waals surface area (Å²) in [6.45, 7) is 4.55. The molecular formula is C21H31N3O4. The molecule has 154 valence electrons. The Kier molecular flexibility index (Phi) is 6.42. The molecule has 3 rings (SSSR count). The molecule has 2 fully saturated rings. The second kappa shape index (κ2) is 8.80. The van der Waals surface area contributed by atoms with Crippen LogP contribution < -0.4 is 5.32 Å². The quantitative estimate of drug-likeness (QED) is 0.775. The van der Waals surface area contributed by atoms with Crippen LogP contribution in [-0.4, -0.2) is 53.9 Å². The average Bonchev–Trinajstić information content (AvgIpc) is 3.01. The average molecular weight is 389 g/mol. The molecule has 0 unspecified atom stereocenters. The number of likely N-dealkylation sites (tertiary alicyclic amines) is 1. The van der Waals surface area contributed by atoms with E-state index in [1.165, 1.54) is 26.4 Å². The summed E-state index contributed by atoms with van der Waals surface area (Å²) in [5.74, 6) is -0.713. The van der Waals surface area contributed by atoms with Crippen molar-refractivity contribution in [2.45, 2.75) is 64.8 Å². The fourth-order valence-corrected chi connectivity index (χ4v) is 4.47. The largest absolute Gasteiger partial charge is 0.465 e. The van der Waals surface area contributed by atoms with Crippen molar-refractivity contribution in [3.63, 3.8) is 0 Å². The van der Waals surface area contributed by atoms with Crippen molar-refractivity contribution in [1.82, 2.24) is 15.2 Å². The van der Waals surface area contributed by atoms with E-state index in [4.69, 9.17) is 4.74 Å². The Morgan fingerprint density at radius 1 is 1.07 bits per heavy atom. The topological polar surface area (TPSA) is 91.5 Å². The van der Waals surface area contributed by atoms with Gasteiger partial charge in [-0.2, -0.15) is 0 Å². The summed E-state index contributed by atoms with van der Waals surface area (Å²) in [4.78, 5) is 42.5. The van der Waals surface area contributed by atoms with Crippen molar-refractivity contribution in [2.75, 3.05) is 20.2 Å². The first-order chi connectivity index (χ1) is 13.4. The number of rotatable bonds is 4. The number of nitrogens with one attached hydrogen (secondary N) is 2. The molecule has 1 atom stereocenters. The summed E-state index contributed by atoms with van der Waals surface area (Å²) in [6.07, 6.45) is 7.31. The highest BCUT2D eigenvalue weighted by Crippen LogP contribution is 2.24. The van der Waals surface area contributed by atoms with Crippen LogP contribution in [0.3, 0.4) is 0 Å². The third-order valence-electron chi connectivity index (χ3n) is 6.07. The van der Waals surface area contributed by atoms with E-state index < -0.39 is 5.97 Å². The maximum absolute atomic E-state index is 13.1. The number of carbonyl (C=O) groups excluding carboxylic acids is 3. The molecule has 0 radical (unpaired) electrons. The van der Waals surface area contributed by atoms with Crippen LogP contribution in [0.1, 0.15) is 77.0 Å². The van der Waals surface area contributed by atoms with E-state index in [1.54, 1.807) is 18.7 Å². The number of hydrogen-bond acceptors (Lipinski definition) is 4. The fraction of sp³-hybridized carbons (Fsp3) is 0.667. The number of piperidine rings is 1. The summed E-state index contributed by atoms with van der Waals surface area (Å²) in [5, 5.41) is 3.19. The number of aromatic amines is 1. The molecule has 28 heavy (non-hydrogen) atoms. The lowest BCUT2D eigenvalue weighted by Gasteiger charge is -2.33. The lowest BCUT2D eigenvalue weighted by Crippen LogP contribution is -2.48. The predicted molar refractivity (Wildman–Crippen MR) is 105 cm³/mol. The minimum atomic E-state index is -0.450. The third kappa shape index (κ3) is 4.23. The van der Waals surface area contributed by atoms with Gasteiger partial charge in [0.25, 0.3) is 5.91 Å². The van der Waals surface area contributed by atoms with Gasteiger partial charge in [-0.25, -0.2) is 4.79 Å². The molecule has 2 N–H and O–H groups in total. The first-order valence-electron chi connectivity index (χ1n) is 10.3. The Balaban J connectivity index is 1.67. The third-order valence-corrected chi connectivity index (χ3v) is 6.07. The number of aromatic nitrogens is 1. The maximum atomic E-state index is 13.1. The molecular weight excluding hydrogens is 358 g/mol. The van der Waals surface area contributed by atoms with Gasteiger partial charge in [0.05, 0.1) is 18.6 Å². The normalized spacial score (nSPS) is 20.7. The molecule has 0 aromatic carbocycles. The van der Waals surface area contributed by atoms with Gasteiger partial charge in [-0.1, -0.05) is 19.3 Å². The molecule has 2 heterocycles. The molecule has 1 aliphatic heterocycles. The van der Waals surface area contributed by atoms with Gasteiger partial charge in [0.1, 0.15) is 5.69 Å². The van der Waals surface area contributed by atoms with Crippen LogP contribution in [0.15, 0.2) is 0 Å².